The number of benzene rings is 1. The van der Waals surface area contributed by atoms with Gasteiger partial charge in [-0.2, -0.15) is 0 Å². The van der Waals surface area contributed by atoms with Gasteiger partial charge in [-0.15, -0.1) is 0 Å². The van der Waals surface area contributed by atoms with E-state index in [0.717, 1.165) is 19.1 Å². The van der Waals surface area contributed by atoms with Gasteiger partial charge in [0.25, 0.3) is 5.56 Å². The highest BCUT2D eigenvalue weighted by molar-refractivity contribution is 7.90. The van der Waals surface area contributed by atoms with Gasteiger partial charge in [-0.05, 0) is 37.0 Å². The summed E-state index contributed by atoms with van der Waals surface area (Å²) in [6.45, 7) is 4.68. The Morgan fingerprint density at radius 1 is 1.35 bits per heavy atom. The fourth-order valence-corrected chi connectivity index (χ4v) is 3.60. The van der Waals surface area contributed by atoms with Gasteiger partial charge in [-0.25, -0.2) is 13.4 Å². The molecule has 0 atom stereocenters. The van der Waals surface area contributed by atoms with E-state index >= 15 is 0 Å². The van der Waals surface area contributed by atoms with Crippen molar-refractivity contribution in [2.45, 2.75) is 44.2 Å². The van der Waals surface area contributed by atoms with Crippen molar-refractivity contribution in [3.63, 3.8) is 0 Å². The molecule has 0 N–H and O–H groups in total. The van der Waals surface area contributed by atoms with Crippen LogP contribution < -0.4 is 5.56 Å². The normalized spacial score (nSPS) is 14.8. The van der Waals surface area contributed by atoms with Crippen LogP contribution in [0.3, 0.4) is 0 Å². The Labute approximate surface area is 152 Å². The van der Waals surface area contributed by atoms with Gasteiger partial charge in [0.1, 0.15) is 6.54 Å². The molecule has 0 radical (unpaired) electrons. The lowest BCUT2D eigenvalue weighted by molar-refractivity contribution is -0.133. The summed E-state index contributed by atoms with van der Waals surface area (Å²) in [6, 6.07) is 4.53. The Bertz CT molecular complexity index is 1010. The molecule has 0 saturated heterocycles. The second-order valence-electron chi connectivity index (χ2n) is 7.30. The molecule has 1 aliphatic carbocycles. The molecule has 1 fully saturated rings. The number of rotatable bonds is 6. The molecule has 2 aromatic rings. The molecular weight excluding hydrogens is 354 g/mol. The van der Waals surface area contributed by atoms with Crippen LogP contribution in [0.2, 0.25) is 0 Å². The van der Waals surface area contributed by atoms with Gasteiger partial charge in [0, 0.05) is 18.8 Å². The van der Waals surface area contributed by atoms with Crippen molar-refractivity contribution in [2.75, 3.05) is 12.8 Å². The minimum Gasteiger partial charge on any atom is -0.338 e. The third-order valence-electron chi connectivity index (χ3n) is 4.40. The topological polar surface area (TPSA) is 89.3 Å². The quantitative estimate of drug-likeness (QED) is 0.760. The van der Waals surface area contributed by atoms with Crippen molar-refractivity contribution >= 4 is 26.6 Å². The highest BCUT2D eigenvalue weighted by Crippen LogP contribution is 2.27. The standard InChI is InChI=1S/C18H23N3O4S/c1-12(2)9-21(13-4-5-13)17(22)10-20-11-19-16-7-6-14(26(3,24)25)8-15(16)18(20)23/h6-8,11-13H,4-5,9-10H2,1-3H3. The van der Waals surface area contributed by atoms with Crippen LogP contribution in [0.15, 0.2) is 34.2 Å². The molecule has 3 rings (SSSR count). The maximum Gasteiger partial charge on any atom is 0.261 e. The van der Waals surface area contributed by atoms with Crippen molar-refractivity contribution in [3.8, 4) is 0 Å². The number of amides is 1. The van der Waals surface area contributed by atoms with Gasteiger partial charge >= 0.3 is 0 Å². The molecule has 0 spiro atoms. The summed E-state index contributed by atoms with van der Waals surface area (Å²) >= 11 is 0. The highest BCUT2D eigenvalue weighted by atomic mass is 32.2. The van der Waals surface area contributed by atoms with E-state index in [1.165, 1.54) is 29.1 Å². The molecule has 26 heavy (non-hydrogen) atoms. The van der Waals surface area contributed by atoms with E-state index in [2.05, 4.69) is 18.8 Å². The first-order valence-corrected chi connectivity index (χ1v) is 10.5. The molecule has 1 saturated carbocycles. The molecule has 1 aromatic carbocycles. The van der Waals surface area contributed by atoms with E-state index in [9.17, 15) is 18.0 Å². The molecule has 1 aromatic heterocycles. The van der Waals surface area contributed by atoms with Crippen molar-refractivity contribution in [1.82, 2.24) is 14.5 Å². The van der Waals surface area contributed by atoms with E-state index in [0.29, 0.717) is 18.0 Å². The van der Waals surface area contributed by atoms with Crippen LogP contribution in [0.5, 0.6) is 0 Å². The molecule has 0 bridgehead atoms. The lowest BCUT2D eigenvalue weighted by atomic mass is 10.2. The Morgan fingerprint density at radius 3 is 2.62 bits per heavy atom. The fraction of sp³-hybridized carbons (Fsp3) is 0.500. The lowest BCUT2D eigenvalue weighted by Crippen LogP contribution is -2.40. The van der Waals surface area contributed by atoms with Crippen LogP contribution in [0.1, 0.15) is 26.7 Å². The zero-order valence-electron chi connectivity index (χ0n) is 15.2. The summed E-state index contributed by atoms with van der Waals surface area (Å²) in [4.78, 5) is 31.5. The Kier molecular flexibility index (Phi) is 4.88. The summed E-state index contributed by atoms with van der Waals surface area (Å²) < 4.78 is 24.7. The number of hydrogen-bond acceptors (Lipinski definition) is 5. The van der Waals surface area contributed by atoms with E-state index in [-0.39, 0.29) is 28.8 Å². The number of carbonyl (C=O) groups is 1. The zero-order chi connectivity index (χ0) is 19.1. The molecule has 140 valence electrons. The molecule has 1 amide bonds. The Hall–Kier alpha value is -2.22. The summed E-state index contributed by atoms with van der Waals surface area (Å²) in [5.41, 5.74) is 0.00136. The molecule has 1 aliphatic rings. The fourth-order valence-electron chi connectivity index (χ4n) is 2.95. The monoisotopic (exact) mass is 377 g/mol. The van der Waals surface area contributed by atoms with Crippen molar-refractivity contribution < 1.29 is 13.2 Å². The summed E-state index contributed by atoms with van der Waals surface area (Å²) in [5.74, 6) is 0.243. The van der Waals surface area contributed by atoms with Crippen molar-refractivity contribution in [3.05, 3.63) is 34.9 Å². The summed E-state index contributed by atoms with van der Waals surface area (Å²) in [5, 5.41) is 0.199. The van der Waals surface area contributed by atoms with Gasteiger partial charge in [-0.1, -0.05) is 13.8 Å². The second kappa shape index (κ2) is 6.83. The number of carbonyl (C=O) groups excluding carboxylic acids is 1. The van der Waals surface area contributed by atoms with Gasteiger partial charge in [-0.3, -0.25) is 14.2 Å². The lowest BCUT2D eigenvalue weighted by Gasteiger charge is -2.24. The first-order valence-electron chi connectivity index (χ1n) is 8.65. The minimum absolute atomic E-state index is 0.0624. The number of aromatic nitrogens is 2. The van der Waals surface area contributed by atoms with E-state index in [1.807, 2.05) is 4.90 Å². The van der Waals surface area contributed by atoms with Crippen LogP contribution >= 0.6 is 0 Å². The Balaban J connectivity index is 1.93. The Morgan fingerprint density at radius 2 is 2.04 bits per heavy atom. The van der Waals surface area contributed by atoms with E-state index in [1.54, 1.807) is 0 Å². The van der Waals surface area contributed by atoms with Gasteiger partial charge in [0.15, 0.2) is 9.84 Å². The van der Waals surface area contributed by atoms with Crippen LogP contribution in [0.4, 0.5) is 0 Å². The van der Waals surface area contributed by atoms with Crippen LogP contribution in [-0.4, -0.2) is 47.6 Å². The summed E-state index contributed by atoms with van der Waals surface area (Å²) in [6.07, 6.45) is 4.44. The maximum absolute atomic E-state index is 12.7. The first kappa shape index (κ1) is 18.6. The highest BCUT2D eigenvalue weighted by Gasteiger charge is 2.32. The largest absolute Gasteiger partial charge is 0.338 e. The molecule has 7 nitrogen and oxygen atoms in total. The van der Waals surface area contributed by atoms with Gasteiger partial charge < -0.3 is 4.90 Å². The SMILES string of the molecule is CC(C)CN(C(=O)Cn1cnc2ccc(S(C)(=O)=O)cc2c1=O)C1CC1. The van der Waals surface area contributed by atoms with E-state index < -0.39 is 15.4 Å². The van der Waals surface area contributed by atoms with Gasteiger partial charge in [0.2, 0.25) is 5.91 Å². The predicted molar refractivity (Wildman–Crippen MR) is 98.7 cm³/mol. The van der Waals surface area contributed by atoms with E-state index in [4.69, 9.17) is 0 Å². The van der Waals surface area contributed by atoms with Crippen LogP contribution in [0.25, 0.3) is 10.9 Å². The van der Waals surface area contributed by atoms with Crippen molar-refractivity contribution in [2.24, 2.45) is 5.92 Å². The minimum atomic E-state index is -3.43. The maximum atomic E-state index is 12.7. The van der Waals surface area contributed by atoms with Gasteiger partial charge in [0.05, 0.1) is 22.1 Å². The number of hydrogen-bond donors (Lipinski definition) is 0. The zero-order valence-corrected chi connectivity index (χ0v) is 16.0. The molecular formula is C18H23N3O4S. The third kappa shape index (κ3) is 3.95. The average Bonchev–Trinajstić information content (AvgIpc) is 3.38. The summed E-state index contributed by atoms with van der Waals surface area (Å²) in [7, 11) is -3.43. The molecule has 0 aliphatic heterocycles. The number of sulfone groups is 1. The van der Waals surface area contributed by atoms with Crippen LogP contribution in [-0.2, 0) is 21.2 Å². The second-order valence-corrected chi connectivity index (χ2v) is 9.32. The van der Waals surface area contributed by atoms with Crippen LogP contribution in [0, 0.1) is 5.92 Å². The third-order valence-corrected chi connectivity index (χ3v) is 5.51. The van der Waals surface area contributed by atoms with Crippen molar-refractivity contribution in [1.29, 1.82) is 0 Å². The molecule has 8 heteroatoms. The average molecular weight is 377 g/mol. The first-order chi connectivity index (χ1) is 12.2. The number of nitrogens with zero attached hydrogens (tertiary/aromatic N) is 3. The smallest absolute Gasteiger partial charge is 0.261 e. The molecule has 1 heterocycles. The molecule has 0 unspecified atom stereocenters. The number of fused-ring (bicyclic) bond motifs is 1. The predicted octanol–water partition coefficient (Wildman–Crippen LogP) is 1.45.